The fourth-order valence-electron chi connectivity index (χ4n) is 3.31. The fraction of sp³-hybridized carbons (Fsp3) is 0.160. The van der Waals surface area contributed by atoms with Crippen LogP contribution < -0.4 is 14.6 Å². The molecule has 4 aromatic rings. The highest BCUT2D eigenvalue weighted by Crippen LogP contribution is 2.36. The molecule has 0 unspecified atom stereocenters. The first-order chi connectivity index (χ1) is 16.7. The van der Waals surface area contributed by atoms with Crippen LogP contribution in [-0.2, 0) is 11.3 Å². The smallest absolute Gasteiger partial charge is 0.430 e. The van der Waals surface area contributed by atoms with Gasteiger partial charge in [-0.25, -0.2) is 4.98 Å². The van der Waals surface area contributed by atoms with E-state index in [0.717, 1.165) is 39.6 Å². The number of alkyl halides is 3. The molecule has 0 bridgehead atoms. The second kappa shape index (κ2) is 11.2. The van der Waals surface area contributed by atoms with E-state index in [2.05, 4.69) is 15.6 Å². The van der Waals surface area contributed by atoms with Crippen molar-refractivity contribution in [2.24, 2.45) is 0 Å². The molecule has 2 aromatic carbocycles. The van der Waals surface area contributed by atoms with Crippen LogP contribution in [0.5, 0.6) is 11.5 Å². The summed E-state index contributed by atoms with van der Waals surface area (Å²) in [5, 5.41) is 8.78. The molecule has 35 heavy (non-hydrogen) atoms. The Labute approximate surface area is 199 Å². The van der Waals surface area contributed by atoms with Gasteiger partial charge in [-0.3, -0.25) is 4.98 Å². The molecule has 0 amide bonds. The predicted octanol–water partition coefficient (Wildman–Crippen LogP) is 3.98. The molecule has 10 heteroatoms. The molecule has 0 aliphatic rings. The lowest BCUT2D eigenvalue weighted by molar-refractivity contribution is -0.344. The zero-order chi connectivity index (χ0) is 25.4. The van der Waals surface area contributed by atoms with Crippen LogP contribution in [0.1, 0.15) is 5.56 Å². The molecule has 4 rings (SSSR count). The van der Waals surface area contributed by atoms with Gasteiger partial charge in [0.15, 0.2) is 0 Å². The van der Waals surface area contributed by atoms with Gasteiger partial charge >= 0.3 is 6.18 Å². The second-order valence-corrected chi connectivity index (χ2v) is 7.15. The summed E-state index contributed by atoms with van der Waals surface area (Å²) < 4.78 is 44.6. The van der Waals surface area contributed by atoms with Crippen molar-refractivity contribution >= 4 is 5.97 Å². The van der Waals surface area contributed by atoms with Crippen LogP contribution in [0.4, 0.5) is 13.2 Å². The summed E-state index contributed by atoms with van der Waals surface area (Å²) in [6.07, 6.45) is 0.302. The minimum absolute atomic E-state index is 0.670. The van der Waals surface area contributed by atoms with Gasteiger partial charge in [-0.2, -0.15) is 13.2 Å². The average Bonchev–Trinajstić information content (AvgIpc) is 3.27. The van der Waals surface area contributed by atoms with E-state index >= 15 is 0 Å². The number of hydrogen-bond donors (Lipinski definition) is 0. The van der Waals surface area contributed by atoms with Crippen LogP contribution in [0.15, 0.2) is 79.4 Å². The number of aliphatic carboxylic acids is 1. The second-order valence-electron chi connectivity index (χ2n) is 7.15. The third-order valence-electron chi connectivity index (χ3n) is 4.85. The number of halogens is 3. The van der Waals surface area contributed by atoms with Crippen LogP contribution in [0, 0.1) is 0 Å². The number of pyridine rings is 1. The number of carbonyl (C=O) groups excluding carboxylic acids is 1. The van der Waals surface area contributed by atoms with Crippen molar-refractivity contribution in [1.82, 2.24) is 14.5 Å². The standard InChI is InChI=1S/C23H21N3O2.C2HF3O2/c1-27-19-9-5-7-17(13-19)15-26-16-25-22(20-10-3-4-11-21(20)28-2)23(26)18-8-6-12-24-14-18;3-2(4,5)1(6)7/h3-14,16H,15H2,1-2H3;(H,6,7)/p-1. The summed E-state index contributed by atoms with van der Waals surface area (Å²) in [4.78, 5) is 17.8. The molecule has 0 saturated carbocycles. The Kier molecular flexibility index (Phi) is 8.08. The Morgan fingerprint density at radius 3 is 2.40 bits per heavy atom. The highest BCUT2D eigenvalue weighted by molar-refractivity contribution is 5.81. The summed E-state index contributed by atoms with van der Waals surface area (Å²) in [6, 6.07) is 20.0. The molecule has 0 spiro atoms. The highest BCUT2D eigenvalue weighted by atomic mass is 19.4. The zero-order valence-corrected chi connectivity index (χ0v) is 18.8. The molecule has 0 radical (unpaired) electrons. The number of aromatic nitrogens is 3. The maximum atomic E-state index is 10.5. The van der Waals surface area contributed by atoms with Gasteiger partial charge in [0, 0.05) is 30.1 Å². The molecule has 0 N–H and O–H groups in total. The molecule has 182 valence electrons. The molecular formula is C25H21F3N3O4-. The molecule has 0 saturated heterocycles. The predicted molar refractivity (Wildman–Crippen MR) is 121 cm³/mol. The average molecular weight is 484 g/mol. The molecule has 7 nitrogen and oxygen atoms in total. The minimum atomic E-state index is -5.19. The van der Waals surface area contributed by atoms with E-state index in [9.17, 15) is 13.2 Å². The van der Waals surface area contributed by atoms with Gasteiger partial charge in [0.2, 0.25) is 0 Å². The third-order valence-corrected chi connectivity index (χ3v) is 4.85. The van der Waals surface area contributed by atoms with Crippen molar-refractivity contribution in [3.63, 3.8) is 0 Å². The van der Waals surface area contributed by atoms with E-state index in [1.54, 1.807) is 20.4 Å². The van der Waals surface area contributed by atoms with Crippen molar-refractivity contribution in [2.45, 2.75) is 12.7 Å². The number of carbonyl (C=O) groups is 1. The van der Waals surface area contributed by atoms with Crippen LogP contribution in [0.25, 0.3) is 22.5 Å². The fourth-order valence-corrected chi connectivity index (χ4v) is 3.31. The van der Waals surface area contributed by atoms with Crippen LogP contribution in [-0.4, -0.2) is 40.9 Å². The number of benzene rings is 2. The monoisotopic (exact) mass is 484 g/mol. The van der Waals surface area contributed by atoms with Gasteiger partial charge in [-0.1, -0.05) is 24.3 Å². The molecule has 0 aliphatic heterocycles. The Morgan fingerprint density at radius 1 is 1.03 bits per heavy atom. The first-order valence-electron chi connectivity index (χ1n) is 10.2. The Balaban J connectivity index is 0.000000429. The van der Waals surface area contributed by atoms with Gasteiger partial charge in [-0.05, 0) is 42.0 Å². The van der Waals surface area contributed by atoms with E-state index in [4.69, 9.17) is 24.4 Å². The largest absolute Gasteiger partial charge is 0.542 e. The molecule has 0 fully saturated rings. The van der Waals surface area contributed by atoms with E-state index in [1.807, 2.05) is 67.1 Å². The number of carboxylic acids is 1. The number of rotatable bonds is 6. The van der Waals surface area contributed by atoms with Crippen molar-refractivity contribution < 1.29 is 32.5 Å². The van der Waals surface area contributed by atoms with Crippen molar-refractivity contribution in [2.75, 3.05) is 14.2 Å². The number of nitrogens with zero attached hydrogens (tertiary/aromatic N) is 3. The lowest BCUT2D eigenvalue weighted by atomic mass is 10.0. The molecular weight excluding hydrogens is 463 g/mol. The maximum Gasteiger partial charge on any atom is 0.430 e. The summed E-state index contributed by atoms with van der Waals surface area (Å²) in [6.45, 7) is 0.670. The highest BCUT2D eigenvalue weighted by Gasteiger charge is 2.28. The summed E-state index contributed by atoms with van der Waals surface area (Å²) in [7, 11) is 3.35. The van der Waals surface area contributed by atoms with Gasteiger partial charge in [0.05, 0.1) is 26.2 Å². The van der Waals surface area contributed by atoms with Gasteiger partial charge in [-0.15, -0.1) is 0 Å². The minimum Gasteiger partial charge on any atom is -0.542 e. The van der Waals surface area contributed by atoms with E-state index in [-0.39, 0.29) is 0 Å². The Morgan fingerprint density at radius 2 is 1.77 bits per heavy atom. The number of ether oxygens (including phenoxy) is 2. The quantitative estimate of drug-likeness (QED) is 0.411. The van der Waals surface area contributed by atoms with E-state index in [1.165, 1.54) is 0 Å². The van der Waals surface area contributed by atoms with Crippen molar-refractivity contribution in [3.8, 4) is 34.0 Å². The van der Waals surface area contributed by atoms with Gasteiger partial charge < -0.3 is 23.9 Å². The number of methoxy groups -OCH3 is 2. The Hall–Kier alpha value is -4.34. The lowest BCUT2D eigenvalue weighted by Gasteiger charge is -2.13. The number of para-hydroxylation sites is 1. The molecule has 0 atom stereocenters. The Bertz CT molecular complexity index is 1270. The van der Waals surface area contributed by atoms with E-state index < -0.39 is 12.1 Å². The van der Waals surface area contributed by atoms with Gasteiger partial charge in [0.25, 0.3) is 0 Å². The molecule has 0 aliphatic carbocycles. The summed E-state index contributed by atoms with van der Waals surface area (Å²) in [5.41, 5.74) is 4.96. The van der Waals surface area contributed by atoms with Crippen LogP contribution >= 0.6 is 0 Å². The van der Waals surface area contributed by atoms with E-state index in [0.29, 0.717) is 6.54 Å². The number of hydrogen-bond acceptors (Lipinski definition) is 6. The first-order valence-corrected chi connectivity index (χ1v) is 10.2. The first kappa shape index (κ1) is 25.3. The lowest BCUT2D eigenvalue weighted by Crippen LogP contribution is -2.37. The third kappa shape index (κ3) is 6.38. The normalized spacial score (nSPS) is 10.8. The van der Waals surface area contributed by atoms with Crippen LogP contribution in [0.2, 0.25) is 0 Å². The maximum absolute atomic E-state index is 10.5. The summed E-state index contributed by atoms with van der Waals surface area (Å²) in [5.74, 6) is -1.38. The van der Waals surface area contributed by atoms with Crippen molar-refractivity contribution in [1.29, 1.82) is 0 Å². The topological polar surface area (TPSA) is 89.3 Å². The number of imidazole rings is 1. The SMILES string of the molecule is COc1cccc(Cn2cnc(-c3ccccc3OC)c2-c2cccnc2)c1.O=C([O-])C(F)(F)F. The van der Waals surface area contributed by atoms with Crippen molar-refractivity contribution in [3.05, 3.63) is 84.9 Å². The van der Waals surface area contributed by atoms with Gasteiger partial charge in [0.1, 0.15) is 23.2 Å². The zero-order valence-electron chi connectivity index (χ0n) is 18.8. The van der Waals surface area contributed by atoms with Crippen LogP contribution in [0.3, 0.4) is 0 Å². The number of carboxylic acid groups (broad SMARTS) is 1. The summed E-state index contributed by atoms with van der Waals surface area (Å²) >= 11 is 0. The molecule has 2 aromatic heterocycles. The molecule has 2 heterocycles.